The van der Waals surface area contributed by atoms with Gasteiger partial charge in [-0.3, -0.25) is 10.1 Å². The molecule has 18 heavy (non-hydrogen) atoms. The van der Waals surface area contributed by atoms with Crippen molar-refractivity contribution in [2.75, 3.05) is 5.32 Å². The lowest BCUT2D eigenvalue weighted by Gasteiger charge is -2.20. The van der Waals surface area contributed by atoms with Crippen LogP contribution in [0, 0.1) is 23.0 Å². The van der Waals surface area contributed by atoms with Crippen LogP contribution in [-0.2, 0) is 0 Å². The molecule has 0 radical (unpaired) electrons. The molecule has 1 aliphatic rings. The maximum atomic E-state index is 10.9. The molecule has 0 spiro atoms. The summed E-state index contributed by atoms with van der Waals surface area (Å²) in [6.07, 6.45) is 4.86. The molecule has 98 valence electrons. The number of nitrogens with one attached hydrogen (secondary N) is 1. The van der Waals surface area contributed by atoms with E-state index < -0.39 is 0 Å². The lowest BCUT2D eigenvalue weighted by Crippen LogP contribution is -2.23. The molecule has 4 heteroatoms. The summed E-state index contributed by atoms with van der Waals surface area (Å²) in [5.74, 6) is 0.699. The summed E-state index contributed by atoms with van der Waals surface area (Å²) in [6.45, 7) is 3.98. The van der Waals surface area contributed by atoms with Crippen LogP contribution in [0.3, 0.4) is 0 Å². The van der Waals surface area contributed by atoms with Gasteiger partial charge in [-0.1, -0.05) is 25.8 Å². The van der Waals surface area contributed by atoms with E-state index in [-0.39, 0.29) is 10.6 Å². The van der Waals surface area contributed by atoms with Gasteiger partial charge in [0.1, 0.15) is 0 Å². The fourth-order valence-corrected chi connectivity index (χ4v) is 2.83. The fourth-order valence-electron chi connectivity index (χ4n) is 2.83. The molecular formula is C14H20N2O2. The molecule has 1 saturated carbocycles. The van der Waals surface area contributed by atoms with E-state index in [2.05, 4.69) is 12.2 Å². The van der Waals surface area contributed by atoms with Crippen LogP contribution in [0.15, 0.2) is 18.2 Å². The molecule has 2 unspecified atom stereocenters. The van der Waals surface area contributed by atoms with Crippen molar-refractivity contribution in [3.63, 3.8) is 0 Å². The van der Waals surface area contributed by atoms with Crippen molar-refractivity contribution in [2.24, 2.45) is 5.92 Å². The molecule has 1 N–H and O–H groups in total. The molecule has 1 aliphatic carbocycles. The van der Waals surface area contributed by atoms with Crippen molar-refractivity contribution in [1.29, 1.82) is 0 Å². The predicted molar refractivity (Wildman–Crippen MR) is 72.9 cm³/mol. The van der Waals surface area contributed by atoms with Crippen LogP contribution in [-0.4, -0.2) is 11.0 Å². The van der Waals surface area contributed by atoms with Crippen LogP contribution in [0.2, 0.25) is 0 Å². The number of anilines is 1. The SMILES string of the molecule is CCC1CCCC1Nc1ccc(C)c([N+](=O)[O-])c1. The van der Waals surface area contributed by atoms with E-state index in [1.54, 1.807) is 13.0 Å². The lowest BCUT2D eigenvalue weighted by molar-refractivity contribution is -0.385. The highest BCUT2D eigenvalue weighted by molar-refractivity contribution is 5.55. The van der Waals surface area contributed by atoms with Gasteiger partial charge in [0.25, 0.3) is 5.69 Å². The van der Waals surface area contributed by atoms with Crippen molar-refractivity contribution in [3.05, 3.63) is 33.9 Å². The third-order valence-electron chi connectivity index (χ3n) is 3.94. The summed E-state index contributed by atoms with van der Waals surface area (Å²) in [5, 5.41) is 14.4. The molecule has 0 bridgehead atoms. The Hall–Kier alpha value is -1.58. The minimum absolute atomic E-state index is 0.200. The van der Waals surface area contributed by atoms with Crippen molar-refractivity contribution < 1.29 is 4.92 Å². The molecule has 1 aromatic rings. The van der Waals surface area contributed by atoms with E-state index >= 15 is 0 Å². The Morgan fingerprint density at radius 3 is 2.89 bits per heavy atom. The topological polar surface area (TPSA) is 55.2 Å². The summed E-state index contributed by atoms with van der Waals surface area (Å²) in [4.78, 5) is 10.6. The third kappa shape index (κ3) is 2.63. The predicted octanol–water partition coefficient (Wildman–Crippen LogP) is 3.89. The number of nitrogens with zero attached hydrogens (tertiary/aromatic N) is 1. The zero-order chi connectivity index (χ0) is 13.1. The number of benzene rings is 1. The Morgan fingerprint density at radius 2 is 2.22 bits per heavy atom. The number of nitro benzene ring substituents is 1. The molecule has 4 nitrogen and oxygen atoms in total. The zero-order valence-corrected chi connectivity index (χ0v) is 11.0. The molecule has 0 aliphatic heterocycles. The van der Waals surface area contributed by atoms with Crippen LogP contribution < -0.4 is 5.32 Å². The molecular weight excluding hydrogens is 228 g/mol. The number of nitro groups is 1. The Bertz CT molecular complexity index is 445. The van der Waals surface area contributed by atoms with E-state index in [0.29, 0.717) is 17.5 Å². The Balaban J connectivity index is 2.14. The van der Waals surface area contributed by atoms with E-state index in [4.69, 9.17) is 0 Å². The summed E-state index contributed by atoms with van der Waals surface area (Å²) in [7, 11) is 0. The first-order chi connectivity index (χ1) is 8.61. The van der Waals surface area contributed by atoms with Gasteiger partial charge in [0.15, 0.2) is 0 Å². The fraction of sp³-hybridized carbons (Fsp3) is 0.571. The van der Waals surface area contributed by atoms with Crippen molar-refractivity contribution in [1.82, 2.24) is 0 Å². The van der Waals surface area contributed by atoms with Crippen LogP contribution in [0.1, 0.15) is 38.2 Å². The van der Waals surface area contributed by atoms with Gasteiger partial charge in [0.05, 0.1) is 4.92 Å². The first-order valence-corrected chi connectivity index (χ1v) is 6.63. The highest BCUT2D eigenvalue weighted by Crippen LogP contribution is 2.32. The van der Waals surface area contributed by atoms with Crippen molar-refractivity contribution in [3.8, 4) is 0 Å². The average molecular weight is 248 g/mol. The number of rotatable bonds is 4. The average Bonchev–Trinajstić information content (AvgIpc) is 2.78. The molecule has 2 atom stereocenters. The Morgan fingerprint density at radius 1 is 1.44 bits per heavy atom. The summed E-state index contributed by atoms with van der Waals surface area (Å²) in [5.41, 5.74) is 1.78. The van der Waals surface area contributed by atoms with Crippen LogP contribution >= 0.6 is 0 Å². The minimum Gasteiger partial charge on any atom is -0.382 e. The zero-order valence-electron chi connectivity index (χ0n) is 11.0. The molecule has 2 rings (SSSR count). The molecule has 1 aromatic carbocycles. The van der Waals surface area contributed by atoms with Crippen LogP contribution in [0.25, 0.3) is 0 Å². The molecule has 0 saturated heterocycles. The molecule has 0 amide bonds. The quantitative estimate of drug-likeness (QED) is 0.649. The molecule has 1 fully saturated rings. The van der Waals surface area contributed by atoms with E-state index in [1.807, 2.05) is 12.1 Å². The normalized spacial score (nSPS) is 23.0. The first-order valence-electron chi connectivity index (χ1n) is 6.63. The van der Waals surface area contributed by atoms with Crippen LogP contribution in [0.4, 0.5) is 11.4 Å². The second-order valence-corrected chi connectivity index (χ2v) is 5.11. The smallest absolute Gasteiger partial charge is 0.274 e. The summed E-state index contributed by atoms with van der Waals surface area (Å²) >= 11 is 0. The minimum atomic E-state index is -0.313. The van der Waals surface area contributed by atoms with Gasteiger partial charge in [-0.15, -0.1) is 0 Å². The maximum absolute atomic E-state index is 10.9. The summed E-state index contributed by atoms with van der Waals surface area (Å²) < 4.78 is 0. The van der Waals surface area contributed by atoms with E-state index in [1.165, 1.54) is 25.7 Å². The lowest BCUT2D eigenvalue weighted by atomic mass is 10.0. The van der Waals surface area contributed by atoms with Crippen LogP contribution in [0.5, 0.6) is 0 Å². The van der Waals surface area contributed by atoms with Gasteiger partial charge in [0, 0.05) is 23.4 Å². The standard InChI is InChI=1S/C14H20N2O2/c1-3-11-5-4-6-13(11)15-12-8-7-10(2)14(9-12)16(17)18/h7-9,11,13,15H,3-6H2,1-2H3. The van der Waals surface area contributed by atoms with Gasteiger partial charge in [0.2, 0.25) is 0 Å². The van der Waals surface area contributed by atoms with E-state index in [9.17, 15) is 10.1 Å². The molecule has 0 aromatic heterocycles. The highest BCUT2D eigenvalue weighted by Gasteiger charge is 2.25. The maximum Gasteiger partial charge on any atom is 0.274 e. The largest absolute Gasteiger partial charge is 0.382 e. The highest BCUT2D eigenvalue weighted by atomic mass is 16.6. The number of hydrogen-bond donors (Lipinski definition) is 1. The Labute approximate surface area is 108 Å². The second kappa shape index (κ2) is 5.38. The third-order valence-corrected chi connectivity index (χ3v) is 3.94. The van der Waals surface area contributed by atoms with Crippen molar-refractivity contribution >= 4 is 11.4 Å². The van der Waals surface area contributed by atoms with Gasteiger partial charge in [-0.25, -0.2) is 0 Å². The second-order valence-electron chi connectivity index (χ2n) is 5.11. The number of hydrogen-bond acceptors (Lipinski definition) is 3. The van der Waals surface area contributed by atoms with Gasteiger partial charge in [-0.05, 0) is 31.7 Å². The van der Waals surface area contributed by atoms with Gasteiger partial charge < -0.3 is 5.32 Å². The van der Waals surface area contributed by atoms with E-state index in [0.717, 1.165) is 5.69 Å². The first kappa shape index (κ1) is 12.9. The molecule has 0 heterocycles. The van der Waals surface area contributed by atoms with Gasteiger partial charge >= 0.3 is 0 Å². The Kier molecular flexibility index (Phi) is 3.84. The monoisotopic (exact) mass is 248 g/mol. The summed E-state index contributed by atoms with van der Waals surface area (Å²) in [6, 6.07) is 5.88. The van der Waals surface area contributed by atoms with Gasteiger partial charge in [-0.2, -0.15) is 0 Å². The van der Waals surface area contributed by atoms with Crippen molar-refractivity contribution in [2.45, 2.75) is 45.6 Å². The number of aryl methyl sites for hydroxylation is 1.